The van der Waals surface area contributed by atoms with Gasteiger partial charge >= 0.3 is 11.9 Å². The van der Waals surface area contributed by atoms with E-state index in [9.17, 15) is 39.6 Å². The van der Waals surface area contributed by atoms with Crippen LogP contribution in [0.15, 0.2) is 0 Å². The zero-order chi connectivity index (χ0) is 24.1. The van der Waals surface area contributed by atoms with Gasteiger partial charge in [0.25, 0.3) is 0 Å². The van der Waals surface area contributed by atoms with Gasteiger partial charge in [0, 0.05) is 12.8 Å². The highest BCUT2D eigenvalue weighted by molar-refractivity contribution is 6.04. The van der Waals surface area contributed by atoms with Gasteiger partial charge in [-0.15, -0.1) is 0 Å². The number of carbonyl (C=O) groups is 4. The van der Waals surface area contributed by atoms with E-state index in [1.165, 1.54) is 0 Å². The van der Waals surface area contributed by atoms with E-state index in [0.29, 0.717) is 0 Å². The van der Waals surface area contributed by atoms with Crippen LogP contribution in [0.25, 0.3) is 0 Å². The molecule has 0 amide bonds. The van der Waals surface area contributed by atoms with Crippen molar-refractivity contribution in [1.82, 2.24) is 0 Å². The fourth-order valence-corrected chi connectivity index (χ4v) is 3.17. The Morgan fingerprint density at radius 3 is 1.67 bits per heavy atom. The van der Waals surface area contributed by atoms with Gasteiger partial charge in [-0.2, -0.15) is 0 Å². The van der Waals surface area contributed by atoms with Crippen LogP contribution in [0.3, 0.4) is 0 Å². The van der Waals surface area contributed by atoms with E-state index in [-0.39, 0.29) is 41.3 Å². The topological polar surface area (TPSA) is 149 Å². The molecule has 4 unspecified atom stereocenters. The average Bonchev–Trinajstić information content (AvgIpc) is 2.49. The van der Waals surface area contributed by atoms with Crippen molar-refractivity contribution in [2.75, 3.05) is 55.4 Å². The zero-order valence-corrected chi connectivity index (χ0v) is 19.1. The highest BCUT2D eigenvalue weighted by Crippen LogP contribution is 2.28. The Morgan fingerprint density at radius 2 is 1.30 bits per heavy atom. The van der Waals surface area contributed by atoms with Gasteiger partial charge in [-0.05, 0) is 13.3 Å². The number of aliphatic carboxylic acids is 2. The summed E-state index contributed by atoms with van der Waals surface area (Å²) in [7, 11) is 10.5. The van der Waals surface area contributed by atoms with E-state index < -0.39 is 47.0 Å². The normalized spacial score (nSPS) is 17.5. The molecule has 0 aliphatic heterocycles. The van der Waals surface area contributed by atoms with Crippen molar-refractivity contribution < 1.29 is 48.6 Å². The number of nitrogens with zero attached hydrogens (tertiary/aromatic N) is 2. The summed E-state index contributed by atoms with van der Waals surface area (Å²) in [5.74, 6) is -5.97. The molecule has 10 heteroatoms. The first-order valence-corrected chi connectivity index (χ1v) is 9.82. The molecule has 0 saturated heterocycles. The first kappa shape index (κ1) is 28.1. The van der Waals surface area contributed by atoms with Gasteiger partial charge in [-0.1, -0.05) is 0 Å². The molecule has 0 radical (unpaired) electrons. The van der Waals surface area contributed by atoms with Crippen molar-refractivity contribution in [3.8, 4) is 0 Å². The quantitative estimate of drug-likeness (QED) is 0.205. The third kappa shape index (κ3) is 8.47. The molecule has 0 rings (SSSR count). The summed E-state index contributed by atoms with van der Waals surface area (Å²) >= 11 is 0. The first-order valence-electron chi connectivity index (χ1n) is 9.82. The fraction of sp³-hybridized carbons (Fsp3) is 0.800. The number of Topliss-reactive ketones (excluding diaryl/α,β-unsaturated/α-hetero) is 2. The van der Waals surface area contributed by atoms with E-state index in [0.717, 1.165) is 6.92 Å². The number of likely N-dealkylation sites (N-methyl/N-ethyl adjacent to an activating group) is 2. The monoisotopic (exact) mass is 434 g/mol. The number of hydrogen-bond acceptors (Lipinski definition) is 6. The number of aliphatic hydroxyl groups is 2. The number of aliphatic hydroxyl groups excluding tert-OH is 2. The minimum absolute atomic E-state index is 0.0335. The summed E-state index contributed by atoms with van der Waals surface area (Å²) in [6.07, 6.45) is -3.49. The van der Waals surface area contributed by atoms with Crippen LogP contribution < -0.4 is 0 Å². The molecule has 10 nitrogen and oxygen atoms in total. The van der Waals surface area contributed by atoms with Gasteiger partial charge in [0.2, 0.25) is 0 Å². The zero-order valence-electron chi connectivity index (χ0n) is 19.1. The summed E-state index contributed by atoms with van der Waals surface area (Å²) in [5.41, 5.74) is -2.04. The van der Waals surface area contributed by atoms with E-state index in [1.807, 2.05) is 0 Å². The van der Waals surface area contributed by atoms with Gasteiger partial charge in [0.05, 0.1) is 42.3 Å². The van der Waals surface area contributed by atoms with Crippen LogP contribution in [-0.4, -0.2) is 120 Å². The number of carbonyl (C=O) groups excluding carboxylic acids is 2. The van der Waals surface area contributed by atoms with Gasteiger partial charge < -0.3 is 29.4 Å². The lowest BCUT2D eigenvalue weighted by Crippen LogP contribution is -2.54. The molecule has 0 spiro atoms. The third-order valence-corrected chi connectivity index (χ3v) is 4.97. The molecular weight excluding hydrogens is 396 g/mol. The smallest absolute Gasteiger partial charge is 0.319 e. The largest absolute Gasteiger partial charge is 0.481 e. The second-order valence-electron chi connectivity index (χ2n) is 10.1. The molecule has 0 aliphatic rings. The van der Waals surface area contributed by atoms with Gasteiger partial charge in [-0.25, -0.2) is 0 Å². The molecule has 0 aliphatic carbocycles. The van der Waals surface area contributed by atoms with Gasteiger partial charge in [-0.3, -0.25) is 19.2 Å². The first-order chi connectivity index (χ1) is 13.3. The molecule has 0 bridgehead atoms. The molecule has 0 aromatic carbocycles. The number of hydrogen-bond donors (Lipinski definition) is 4. The summed E-state index contributed by atoms with van der Waals surface area (Å²) in [6, 6.07) is 0. The molecule has 4 N–H and O–H groups in total. The van der Waals surface area contributed by atoms with Crippen LogP contribution in [0, 0.1) is 11.3 Å². The SMILES string of the molecule is CC(C(=O)O)(C(=O)CCCC(=O)C(C(=O)O)C(O)C[N+](C)(C)C)C(O)C[N+](C)(C)C. The Balaban J connectivity index is 5.16. The predicted octanol–water partition coefficient (Wildman–Crippen LogP) is -0.779. The van der Waals surface area contributed by atoms with Crippen molar-refractivity contribution >= 4 is 23.5 Å². The van der Waals surface area contributed by atoms with Crippen molar-refractivity contribution in [3.05, 3.63) is 0 Å². The molecule has 0 heterocycles. The minimum Gasteiger partial charge on any atom is -0.481 e. The molecule has 174 valence electrons. The number of rotatable bonds is 14. The standard InChI is InChI=1S/C20H36N2O8/c1-20(19(29)30,16(26)12-22(5,6)7)15(25)10-8-9-13(23)17(18(27)28)14(24)11-21(2,3)4/h14,16-17,24,26H,8-12H2,1-7H3/p+2. The summed E-state index contributed by atoms with van der Waals surface area (Å²) < 4.78 is 0.512. The number of carboxylic acid groups (broad SMARTS) is 2. The number of carboxylic acids is 2. The lowest BCUT2D eigenvalue weighted by molar-refractivity contribution is -0.874. The third-order valence-electron chi connectivity index (χ3n) is 4.97. The molecule has 0 fully saturated rings. The van der Waals surface area contributed by atoms with Crippen LogP contribution in [0.4, 0.5) is 0 Å². The van der Waals surface area contributed by atoms with Crippen LogP contribution in [0.1, 0.15) is 26.2 Å². The maximum Gasteiger partial charge on any atom is 0.319 e. The fourth-order valence-electron chi connectivity index (χ4n) is 3.17. The Kier molecular flexibility index (Phi) is 9.78. The van der Waals surface area contributed by atoms with Crippen molar-refractivity contribution in [3.63, 3.8) is 0 Å². The Bertz CT molecular complexity index is 650. The highest BCUT2D eigenvalue weighted by Gasteiger charge is 2.49. The van der Waals surface area contributed by atoms with E-state index in [2.05, 4.69) is 0 Å². The second-order valence-corrected chi connectivity index (χ2v) is 10.1. The highest BCUT2D eigenvalue weighted by atomic mass is 16.4. The summed E-state index contributed by atoms with van der Waals surface area (Å²) in [4.78, 5) is 48.2. The lowest BCUT2D eigenvalue weighted by Gasteiger charge is -2.34. The van der Waals surface area contributed by atoms with E-state index in [4.69, 9.17) is 0 Å². The van der Waals surface area contributed by atoms with Gasteiger partial charge in [0.1, 0.15) is 37.0 Å². The van der Waals surface area contributed by atoms with Gasteiger partial charge in [0.15, 0.2) is 11.2 Å². The summed E-state index contributed by atoms with van der Waals surface area (Å²) in [6.45, 7) is 1.24. The molecule has 30 heavy (non-hydrogen) atoms. The van der Waals surface area contributed by atoms with Crippen LogP contribution in [-0.2, 0) is 19.2 Å². The van der Waals surface area contributed by atoms with Crippen molar-refractivity contribution in [2.24, 2.45) is 11.3 Å². The maximum atomic E-state index is 12.6. The number of ketones is 2. The number of quaternary nitrogens is 2. The average molecular weight is 435 g/mol. The lowest BCUT2D eigenvalue weighted by atomic mass is 9.77. The molecule has 4 atom stereocenters. The summed E-state index contributed by atoms with van der Waals surface area (Å²) in [5, 5.41) is 39.5. The van der Waals surface area contributed by atoms with Crippen LogP contribution in [0.2, 0.25) is 0 Å². The Morgan fingerprint density at radius 1 is 0.833 bits per heavy atom. The predicted molar refractivity (Wildman–Crippen MR) is 109 cm³/mol. The molecule has 0 aromatic rings. The molecule has 0 saturated carbocycles. The van der Waals surface area contributed by atoms with Crippen LogP contribution in [0.5, 0.6) is 0 Å². The Hall–Kier alpha value is -1.88. The van der Waals surface area contributed by atoms with Crippen molar-refractivity contribution in [1.29, 1.82) is 0 Å². The van der Waals surface area contributed by atoms with Crippen molar-refractivity contribution in [2.45, 2.75) is 38.4 Å². The maximum absolute atomic E-state index is 12.6. The molecule has 0 aromatic heterocycles. The second kappa shape index (κ2) is 10.4. The van der Waals surface area contributed by atoms with E-state index in [1.54, 1.807) is 42.3 Å². The van der Waals surface area contributed by atoms with E-state index >= 15 is 0 Å². The minimum atomic E-state index is -2.04. The Labute approximate surface area is 177 Å². The molecular formula is C20H38N2O8+2. The van der Waals surface area contributed by atoms with Crippen LogP contribution >= 0.6 is 0 Å².